The molecule has 0 unspecified atom stereocenters. The predicted octanol–water partition coefficient (Wildman–Crippen LogP) is 5.95. The van der Waals surface area contributed by atoms with Crippen LogP contribution in [0.15, 0.2) is 84.9 Å². The molecule has 1 heterocycles. The summed E-state index contributed by atoms with van der Waals surface area (Å²) in [6.45, 7) is 0. The van der Waals surface area contributed by atoms with Crippen molar-refractivity contribution in [2.75, 3.05) is 7.11 Å². The number of pyridine rings is 1. The van der Waals surface area contributed by atoms with Crippen molar-refractivity contribution < 1.29 is 13.9 Å². The van der Waals surface area contributed by atoms with Crippen molar-refractivity contribution in [3.8, 4) is 16.9 Å². The van der Waals surface area contributed by atoms with Crippen LogP contribution < -0.4 is 4.74 Å². The Morgan fingerprint density at radius 1 is 0.966 bits per heavy atom. The van der Waals surface area contributed by atoms with Gasteiger partial charge in [0.2, 0.25) is 0 Å². The molecular formula is C25H18FNO2. The number of halogens is 1. The summed E-state index contributed by atoms with van der Waals surface area (Å²) in [5.74, 6) is 0.190. The second kappa shape index (κ2) is 8.07. The fraction of sp³-hybridized carbons (Fsp3) is 0.0400. The fourth-order valence-electron chi connectivity index (χ4n) is 3.12. The molecule has 0 radical (unpaired) electrons. The summed E-state index contributed by atoms with van der Waals surface area (Å²) >= 11 is 0. The number of rotatable bonds is 5. The normalized spacial score (nSPS) is 11.1. The van der Waals surface area contributed by atoms with E-state index < -0.39 is 0 Å². The van der Waals surface area contributed by atoms with Gasteiger partial charge in [0.25, 0.3) is 0 Å². The number of allylic oxidation sites excluding steroid dienone is 1. The van der Waals surface area contributed by atoms with Crippen molar-refractivity contribution in [2.45, 2.75) is 0 Å². The summed E-state index contributed by atoms with van der Waals surface area (Å²) in [6.07, 6.45) is 3.18. The smallest absolute Gasteiger partial charge is 0.185 e. The first-order valence-electron chi connectivity index (χ1n) is 9.16. The lowest BCUT2D eigenvalue weighted by molar-refractivity contribution is 0.104. The van der Waals surface area contributed by atoms with Gasteiger partial charge >= 0.3 is 0 Å². The van der Waals surface area contributed by atoms with Crippen LogP contribution in [0, 0.1) is 5.82 Å². The van der Waals surface area contributed by atoms with Gasteiger partial charge in [0.1, 0.15) is 11.6 Å². The molecule has 0 fully saturated rings. The van der Waals surface area contributed by atoms with E-state index >= 15 is 0 Å². The molecule has 0 amide bonds. The molecule has 4 rings (SSSR count). The number of fused-ring (bicyclic) bond motifs is 1. The van der Waals surface area contributed by atoms with Crippen LogP contribution in [0.25, 0.3) is 28.1 Å². The molecular weight excluding hydrogens is 365 g/mol. The van der Waals surface area contributed by atoms with E-state index in [1.54, 1.807) is 13.2 Å². The zero-order chi connectivity index (χ0) is 20.2. The van der Waals surface area contributed by atoms with E-state index in [1.165, 1.54) is 30.3 Å². The Morgan fingerprint density at radius 2 is 1.69 bits per heavy atom. The van der Waals surface area contributed by atoms with Crippen LogP contribution in [0.1, 0.15) is 16.1 Å². The number of benzene rings is 3. The molecule has 29 heavy (non-hydrogen) atoms. The Kier molecular flexibility index (Phi) is 5.16. The maximum absolute atomic E-state index is 13.1. The second-order valence-electron chi connectivity index (χ2n) is 6.55. The van der Waals surface area contributed by atoms with Crippen LogP contribution in [-0.2, 0) is 0 Å². The molecule has 0 saturated heterocycles. The van der Waals surface area contributed by atoms with Gasteiger partial charge in [-0.1, -0.05) is 30.3 Å². The van der Waals surface area contributed by atoms with Crippen molar-refractivity contribution >= 4 is 22.8 Å². The largest absolute Gasteiger partial charge is 0.497 e. The maximum atomic E-state index is 13.1. The highest BCUT2D eigenvalue weighted by atomic mass is 19.1. The molecule has 0 spiro atoms. The molecule has 4 heteroatoms. The van der Waals surface area contributed by atoms with E-state index in [-0.39, 0.29) is 11.6 Å². The van der Waals surface area contributed by atoms with Gasteiger partial charge in [-0.2, -0.15) is 0 Å². The Labute approximate surface area is 168 Å². The van der Waals surface area contributed by atoms with Crippen LogP contribution in [0.3, 0.4) is 0 Å². The standard InChI is InChI=1S/C25H18FNO2/c1-29-21-12-8-17(9-13-21)22-16-19-4-2-3-5-23(19)27-24(22)14-15-25(28)18-6-10-20(26)11-7-18/h2-16H,1H3/b15-14+. The van der Waals surface area contributed by atoms with Gasteiger partial charge in [0.05, 0.1) is 18.3 Å². The zero-order valence-corrected chi connectivity index (χ0v) is 15.8. The van der Waals surface area contributed by atoms with Crippen LogP contribution in [0.2, 0.25) is 0 Å². The van der Waals surface area contributed by atoms with Crippen molar-refractivity contribution in [3.05, 3.63) is 102 Å². The molecule has 0 N–H and O–H groups in total. The highest BCUT2D eigenvalue weighted by molar-refractivity contribution is 6.07. The van der Waals surface area contributed by atoms with Gasteiger partial charge in [-0.3, -0.25) is 4.79 Å². The summed E-state index contributed by atoms with van der Waals surface area (Å²) in [4.78, 5) is 17.2. The molecule has 0 aliphatic heterocycles. The van der Waals surface area contributed by atoms with Crippen molar-refractivity contribution in [3.63, 3.8) is 0 Å². The first-order valence-corrected chi connectivity index (χ1v) is 9.16. The summed E-state index contributed by atoms with van der Waals surface area (Å²) < 4.78 is 18.3. The molecule has 0 aliphatic carbocycles. The lowest BCUT2D eigenvalue weighted by Gasteiger charge is -2.09. The molecule has 3 aromatic carbocycles. The Morgan fingerprint density at radius 3 is 2.41 bits per heavy atom. The molecule has 0 aliphatic rings. The predicted molar refractivity (Wildman–Crippen MR) is 113 cm³/mol. The number of para-hydroxylation sites is 1. The first-order chi connectivity index (χ1) is 14.1. The number of methoxy groups -OCH3 is 1. The molecule has 0 saturated carbocycles. The number of carbonyl (C=O) groups excluding carboxylic acids is 1. The van der Waals surface area contributed by atoms with Crippen molar-refractivity contribution in [1.82, 2.24) is 4.98 Å². The SMILES string of the molecule is COc1ccc(-c2cc3ccccc3nc2/C=C/C(=O)c2ccc(F)cc2)cc1. The minimum atomic E-state index is -0.372. The molecule has 3 nitrogen and oxygen atoms in total. The summed E-state index contributed by atoms with van der Waals surface area (Å²) in [5, 5.41) is 1.01. The highest BCUT2D eigenvalue weighted by Crippen LogP contribution is 2.29. The lowest BCUT2D eigenvalue weighted by Crippen LogP contribution is -1.95. The number of hydrogen-bond acceptors (Lipinski definition) is 3. The molecule has 0 bridgehead atoms. The van der Waals surface area contributed by atoms with E-state index in [9.17, 15) is 9.18 Å². The number of aromatic nitrogens is 1. The maximum Gasteiger partial charge on any atom is 0.185 e. The molecule has 1 aromatic heterocycles. The quantitative estimate of drug-likeness (QED) is 0.316. The van der Waals surface area contributed by atoms with E-state index in [0.29, 0.717) is 11.3 Å². The van der Waals surface area contributed by atoms with Gasteiger partial charge < -0.3 is 4.74 Å². The van der Waals surface area contributed by atoms with Gasteiger partial charge in [-0.25, -0.2) is 9.37 Å². The minimum absolute atomic E-state index is 0.208. The van der Waals surface area contributed by atoms with E-state index in [4.69, 9.17) is 9.72 Å². The summed E-state index contributed by atoms with van der Waals surface area (Å²) in [5.41, 5.74) is 3.84. The van der Waals surface area contributed by atoms with Crippen LogP contribution >= 0.6 is 0 Å². The number of hydrogen-bond donors (Lipinski definition) is 0. The average Bonchev–Trinajstić information content (AvgIpc) is 2.77. The van der Waals surface area contributed by atoms with Crippen LogP contribution in [0.4, 0.5) is 4.39 Å². The molecule has 0 atom stereocenters. The summed E-state index contributed by atoms with van der Waals surface area (Å²) in [7, 11) is 1.63. The minimum Gasteiger partial charge on any atom is -0.497 e. The third-order valence-electron chi connectivity index (χ3n) is 4.68. The van der Waals surface area contributed by atoms with E-state index in [2.05, 4.69) is 6.07 Å². The number of ketones is 1. The number of carbonyl (C=O) groups is 1. The molecule has 142 valence electrons. The number of nitrogens with zero attached hydrogens (tertiary/aromatic N) is 1. The van der Waals surface area contributed by atoms with Crippen molar-refractivity contribution in [1.29, 1.82) is 0 Å². The van der Waals surface area contributed by atoms with Gasteiger partial charge in [0, 0.05) is 16.5 Å². The average molecular weight is 383 g/mol. The van der Waals surface area contributed by atoms with E-state index in [0.717, 1.165) is 27.8 Å². The van der Waals surface area contributed by atoms with Gasteiger partial charge in [-0.05, 0) is 66.2 Å². The lowest BCUT2D eigenvalue weighted by atomic mass is 10.0. The van der Waals surface area contributed by atoms with E-state index in [1.807, 2.05) is 48.5 Å². The summed E-state index contributed by atoms with van der Waals surface area (Å²) in [6, 6.07) is 23.1. The topological polar surface area (TPSA) is 39.2 Å². The van der Waals surface area contributed by atoms with Gasteiger partial charge in [0.15, 0.2) is 5.78 Å². The van der Waals surface area contributed by atoms with Gasteiger partial charge in [-0.15, -0.1) is 0 Å². The Hall–Kier alpha value is -3.79. The van der Waals surface area contributed by atoms with Crippen LogP contribution in [-0.4, -0.2) is 17.9 Å². The third-order valence-corrected chi connectivity index (χ3v) is 4.68. The zero-order valence-electron chi connectivity index (χ0n) is 15.8. The third kappa shape index (κ3) is 4.06. The second-order valence-corrected chi connectivity index (χ2v) is 6.55. The monoisotopic (exact) mass is 383 g/mol. The first kappa shape index (κ1) is 18.6. The van der Waals surface area contributed by atoms with Crippen molar-refractivity contribution in [2.24, 2.45) is 0 Å². The highest BCUT2D eigenvalue weighted by Gasteiger charge is 2.09. The fourth-order valence-corrected chi connectivity index (χ4v) is 3.12. The Balaban J connectivity index is 1.76. The molecule has 4 aromatic rings. The number of ether oxygens (including phenoxy) is 1. The Bertz CT molecular complexity index is 1200. The van der Waals surface area contributed by atoms with Crippen LogP contribution in [0.5, 0.6) is 5.75 Å².